The second-order valence-corrected chi connectivity index (χ2v) is 5.49. The van der Waals surface area contributed by atoms with Gasteiger partial charge in [-0.15, -0.1) is 0 Å². The Hall–Kier alpha value is -2.49. The van der Waals surface area contributed by atoms with Gasteiger partial charge in [0.05, 0.1) is 13.2 Å². The molecule has 0 aliphatic carbocycles. The summed E-state index contributed by atoms with van der Waals surface area (Å²) in [6, 6.07) is 15.4. The van der Waals surface area contributed by atoms with Gasteiger partial charge in [0.2, 0.25) is 5.91 Å². The smallest absolute Gasteiger partial charge is 0.243 e. The highest BCUT2D eigenvalue weighted by Gasteiger charge is 2.02. The first-order chi connectivity index (χ1) is 11.2. The maximum absolute atomic E-state index is 11.9. The number of hydrogen-bond acceptors (Lipinski definition) is 3. The molecule has 2 N–H and O–H groups in total. The van der Waals surface area contributed by atoms with E-state index in [4.69, 9.17) is 4.74 Å². The van der Waals surface area contributed by atoms with E-state index in [1.165, 1.54) is 5.56 Å². The van der Waals surface area contributed by atoms with E-state index in [-0.39, 0.29) is 12.5 Å². The molecule has 0 spiro atoms. The monoisotopic (exact) mass is 312 g/mol. The van der Waals surface area contributed by atoms with Crippen molar-refractivity contribution >= 4 is 17.3 Å². The second kappa shape index (κ2) is 8.83. The van der Waals surface area contributed by atoms with Crippen LogP contribution in [0.3, 0.4) is 0 Å². The summed E-state index contributed by atoms with van der Waals surface area (Å²) in [5, 5.41) is 5.96. The molecule has 0 fully saturated rings. The highest BCUT2D eigenvalue weighted by Crippen LogP contribution is 2.16. The molecule has 0 radical (unpaired) electrons. The Balaban J connectivity index is 1.76. The SMILES string of the molecule is CCCCOc1ccc(NCC(=O)Nc2ccc(C)cc2)cc1. The molecule has 0 bridgehead atoms. The number of hydrogen-bond donors (Lipinski definition) is 2. The summed E-state index contributed by atoms with van der Waals surface area (Å²) in [6.07, 6.45) is 2.18. The van der Waals surface area contributed by atoms with Gasteiger partial charge >= 0.3 is 0 Å². The number of nitrogens with one attached hydrogen (secondary N) is 2. The van der Waals surface area contributed by atoms with E-state index >= 15 is 0 Å². The van der Waals surface area contributed by atoms with Crippen LogP contribution in [0.15, 0.2) is 48.5 Å². The Morgan fingerprint density at radius 3 is 2.30 bits per heavy atom. The summed E-state index contributed by atoms with van der Waals surface area (Å²) < 4.78 is 5.61. The van der Waals surface area contributed by atoms with Crippen LogP contribution in [0.4, 0.5) is 11.4 Å². The summed E-state index contributed by atoms with van der Waals surface area (Å²) in [4.78, 5) is 11.9. The quantitative estimate of drug-likeness (QED) is 0.717. The number of benzene rings is 2. The average molecular weight is 312 g/mol. The number of unbranched alkanes of at least 4 members (excludes halogenated alkanes) is 1. The molecule has 0 unspecified atom stereocenters. The molecular weight excluding hydrogens is 288 g/mol. The molecule has 0 aliphatic rings. The van der Waals surface area contributed by atoms with Gasteiger partial charge in [-0.2, -0.15) is 0 Å². The second-order valence-electron chi connectivity index (χ2n) is 5.49. The molecule has 0 heterocycles. The van der Waals surface area contributed by atoms with Crippen molar-refractivity contribution in [1.29, 1.82) is 0 Å². The normalized spacial score (nSPS) is 10.2. The van der Waals surface area contributed by atoms with Crippen molar-refractivity contribution < 1.29 is 9.53 Å². The van der Waals surface area contributed by atoms with E-state index in [2.05, 4.69) is 17.6 Å². The lowest BCUT2D eigenvalue weighted by molar-refractivity contribution is -0.114. The maximum atomic E-state index is 11.9. The summed E-state index contributed by atoms with van der Waals surface area (Å²) in [7, 11) is 0. The fourth-order valence-corrected chi connectivity index (χ4v) is 2.03. The fourth-order valence-electron chi connectivity index (χ4n) is 2.03. The maximum Gasteiger partial charge on any atom is 0.243 e. The van der Waals surface area contributed by atoms with Crippen molar-refractivity contribution in [2.24, 2.45) is 0 Å². The molecule has 4 heteroatoms. The number of anilines is 2. The van der Waals surface area contributed by atoms with E-state index in [0.29, 0.717) is 0 Å². The van der Waals surface area contributed by atoms with Gasteiger partial charge in [-0.3, -0.25) is 4.79 Å². The largest absolute Gasteiger partial charge is 0.494 e. The number of carbonyl (C=O) groups excluding carboxylic acids is 1. The number of ether oxygens (including phenoxy) is 1. The lowest BCUT2D eigenvalue weighted by Gasteiger charge is -2.09. The minimum Gasteiger partial charge on any atom is -0.494 e. The standard InChI is InChI=1S/C19H24N2O2/c1-3-4-13-23-18-11-9-16(10-12-18)20-14-19(22)21-17-7-5-15(2)6-8-17/h5-12,20H,3-4,13-14H2,1-2H3,(H,21,22). The van der Waals surface area contributed by atoms with Crippen LogP contribution in [0.5, 0.6) is 5.75 Å². The van der Waals surface area contributed by atoms with Crippen LogP contribution >= 0.6 is 0 Å². The van der Waals surface area contributed by atoms with E-state index < -0.39 is 0 Å². The van der Waals surface area contributed by atoms with E-state index in [1.807, 2.05) is 55.5 Å². The third kappa shape index (κ3) is 6.02. The Labute approximate surface area is 137 Å². The molecule has 0 aliphatic heterocycles. The van der Waals surface area contributed by atoms with Crippen LogP contribution in [0, 0.1) is 6.92 Å². The van der Waals surface area contributed by atoms with Crippen molar-refractivity contribution in [3.63, 3.8) is 0 Å². The van der Waals surface area contributed by atoms with Gasteiger partial charge in [-0.1, -0.05) is 31.0 Å². The molecule has 2 rings (SSSR count). The Kier molecular flexibility index (Phi) is 6.48. The third-order valence-electron chi connectivity index (χ3n) is 3.41. The van der Waals surface area contributed by atoms with Gasteiger partial charge in [-0.05, 0) is 49.7 Å². The minimum atomic E-state index is -0.0721. The Morgan fingerprint density at radius 1 is 1.00 bits per heavy atom. The Morgan fingerprint density at radius 2 is 1.65 bits per heavy atom. The highest BCUT2D eigenvalue weighted by molar-refractivity contribution is 5.93. The van der Waals surface area contributed by atoms with Crippen molar-refractivity contribution in [3.05, 3.63) is 54.1 Å². The summed E-state index contributed by atoms with van der Waals surface area (Å²) >= 11 is 0. The average Bonchev–Trinajstić information content (AvgIpc) is 2.56. The van der Waals surface area contributed by atoms with Gasteiger partial charge in [0.25, 0.3) is 0 Å². The van der Waals surface area contributed by atoms with Crippen molar-refractivity contribution in [3.8, 4) is 5.75 Å². The van der Waals surface area contributed by atoms with E-state index in [1.54, 1.807) is 0 Å². The molecule has 4 nitrogen and oxygen atoms in total. The number of amides is 1. The van der Waals surface area contributed by atoms with Crippen LogP contribution in [0.1, 0.15) is 25.3 Å². The van der Waals surface area contributed by atoms with Crippen molar-refractivity contribution in [2.75, 3.05) is 23.8 Å². The molecule has 0 saturated heterocycles. The fraction of sp³-hybridized carbons (Fsp3) is 0.316. The molecular formula is C19H24N2O2. The first-order valence-electron chi connectivity index (χ1n) is 8.00. The Bertz CT molecular complexity index is 606. The van der Waals surface area contributed by atoms with Crippen molar-refractivity contribution in [1.82, 2.24) is 0 Å². The number of rotatable bonds is 8. The van der Waals surface area contributed by atoms with Crippen LogP contribution in [-0.2, 0) is 4.79 Å². The lowest BCUT2D eigenvalue weighted by atomic mass is 10.2. The molecule has 0 aromatic heterocycles. The van der Waals surface area contributed by atoms with Gasteiger partial charge < -0.3 is 15.4 Å². The number of carbonyl (C=O) groups is 1. The molecule has 0 saturated carbocycles. The molecule has 2 aromatic rings. The van der Waals surface area contributed by atoms with E-state index in [9.17, 15) is 4.79 Å². The van der Waals surface area contributed by atoms with Gasteiger partial charge in [0, 0.05) is 11.4 Å². The first kappa shape index (κ1) is 16.9. The molecule has 0 atom stereocenters. The van der Waals surface area contributed by atoms with Crippen molar-refractivity contribution in [2.45, 2.75) is 26.7 Å². The summed E-state index contributed by atoms with van der Waals surface area (Å²) in [5.74, 6) is 0.783. The van der Waals surface area contributed by atoms with Gasteiger partial charge in [-0.25, -0.2) is 0 Å². The van der Waals surface area contributed by atoms with Gasteiger partial charge in [0.1, 0.15) is 5.75 Å². The zero-order chi connectivity index (χ0) is 16.5. The molecule has 2 aromatic carbocycles. The van der Waals surface area contributed by atoms with Crippen LogP contribution in [-0.4, -0.2) is 19.1 Å². The number of aryl methyl sites for hydroxylation is 1. The summed E-state index contributed by atoms with van der Waals surface area (Å²) in [6.45, 7) is 5.12. The molecule has 122 valence electrons. The highest BCUT2D eigenvalue weighted by atomic mass is 16.5. The van der Waals surface area contributed by atoms with Crippen LogP contribution in [0.25, 0.3) is 0 Å². The predicted octanol–water partition coefficient (Wildman–Crippen LogP) is 4.22. The summed E-state index contributed by atoms with van der Waals surface area (Å²) in [5.41, 5.74) is 2.87. The predicted molar refractivity (Wildman–Crippen MR) is 95.1 cm³/mol. The molecule has 1 amide bonds. The minimum absolute atomic E-state index is 0.0721. The zero-order valence-electron chi connectivity index (χ0n) is 13.8. The third-order valence-corrected chi connectivity index (χ3v) is 3.41. The first-order valence-corrected chi connectivity index (χ1v) is 8.00. The zero-order valence-corrected chi connectivity index (χ0v) is 13.8. The van der Waals surface area contributed by atoms with Crippen LogP contribution in [0.2, 0.25) is 0 Å². The van der Waals surface area contributed by atoms with Gasteiger partial charge in [0.15, 0.2) is 0 Å². The lowest BCUT2D eigenvalue weighted by Crippen LogP contribution is -2.21. The van der Waals surface area contributed by atoms with E-state index in [0.717, 1.165) is 36.6 Å². The topological polar surface area (TPSA) is 50.4 Å². The van der Waals surface area contributed by atoms with Crippen LogP contribution < -0.4 is 15.4 Å². The molecule has 23 heavy (non-hydrogen) atoms.